The molecule has 0 spiro atoms. The molecule has 1 aliphatic rings. The Kier molecular flexibility index (Phi) is 4.27. The SMILES string of the molecule is Cc1nc(CN2CCN(c3ccc4c(Cl)ccnc4c3F)CC2)n[nH]1. The van der Waals surface area contributed by atoms with Gasteiger partial charge in [-0.2, -0.15) is 5.10 Å². The number of aryl methyl sites for hydroxylation is 1. The number of benzene rings is 1. The normalized spacial score (nSPS) is 15.9. The van der Waals surface area contributed by atoms with E-state index in [1.807, 2.05) is 13.0 Å². The molecule has 8 heteroatoms. The summed E-state index contributed by atoms with van der Waals surface area (Å²) in [6.07, 6.45) is 1.54. The van der Waals surface area contributed by atoms with Gasteiger partial charge in [-0.05, 0) is 25.1 Å². The van der Waals surface area contributed by atoms with Crippen LogP contribution in [0, 0.1) is 12.7 Å². The molecular formula is C17H18ClFN6. The Hall–Kier alpha value is -2.25. The van der Waals surface area contributed by atoms with E-state index in [-0.39, 0.29) is 5.82 Å². The van der Waals surface area contributed by atoms with Gasteiger partial charge in [0.15, 0.2) is 11.6 Å². The summed E-state index contributed by atoms with van der Waals surface area (Å²) in [5.41, 5.74) is 0.902. The number of H-pyrrole nitrogens is 1. The average molecular weight is 361 g/mol. The highest BCUT2D eigenvalue weighted by Gasteiger charge is 2.22. The number of aromatic amines is 1. The number of piperazine rings is 1. The van der Waals surface area contributed by atoms with Gasteiger partial charge in [0, 0.05) is 37.8 Å². The minimum Gasteiger partial charge on any atom is -0.367 e. The number of nitrogens with zero attached hydrogens (tertiary/aromatic N) is 5. The van der Waals surface area contributed by atoms with Crippen LogP contribution in [-0.4, -0.2) is 51.2 Å². The Balaban J connectivity index is 1.49. The third kappa shape index (κ3) is 3.17. The molecule has 3 heterocycles. The van der Waals surface area contributed by atoms with Gasteiger partial charge in [0.05, 0.1) is 17.3 Å². The molecule has 0 unspecified atom stereocenters. The molecule has 0 atom stereocenters. The third-order valence-corrected chi connectivity index (χ3v) is 4.83. The Morgan fingerprint density at radius 1 is 1.20 bits per heavy atom. The largest absolute Gasteiger partial charge is 0.367 e. The first kappa shape index (κ1) is 16.2. The number of hydrogen-bond donors (Lipinski definition) is 1. The van der Waals surface area contributed by atoms with E-state index in [4.69, 9.17) is 11.6 Å². The summed E-state index contributed by atoms with van der Waals surface area (Å²) in [7, 11) is 0. The highest BCUT2D eigenvalue weighted by Crippen LogP contribution is 2.30. The number of aromatic nitrogens is 4. The number of rotatable bonds is 3. The van der Waals surface area contributed by atoms with E-state index in [9.17, 15) is 4.39 Å². The van der Waals surface area contributed by atoms with Crippen LogP contribution < -0.4 is 4.90 Å². The summed E-state index contributed by atoms with van der Waals surface area (Å²) in [6.45, 7) is 5.73. The average Bonchev–Trinajstić information content (AvgIpc) is 3.02. The van der Waals surface area contributed by atoms with Crippen molar-refractivity contribution in [1.82, 2.24) is 25.1 Å². The second-order valence-electron chi connectivity index (χ2n) is 6.19. The van der Waals surface area contributed by atoms with Crippen LogP contribution in [0.4, 0.5) is 10.1 Å². The highest BCUT2D eigenvalue weighted by molar-refractivity contribution is 6.35. The molecule has 1 aliphatic heterocycles. The fourth-order valence-corrected chi connectivity index (χ4v) is 3.40. The van der Waals surface area contributed by atoms with Crippen molar-refractivity contribution in [1.29, 1.82) is 0 Å². The summed E-state index contributed by atoms with van der Waals surface area (Å²) in [6, 6.07) is 5.30. The van der Waals surface area contributed by atoms with Crippen molar-refractivity contribution in [3.05, 3.63) is 46.9 Å². The van der Waals surface area contributed by atoms with E-state index >= 15 is 0 Å². The molecule has 1 saturated heterocycles. The van der Waals surface area contributed by atoms with E-state index in [0.717, 1.165) is 37.8 Å². The number of halogens is 2. The molecule has 4 rings (SSSR count). The van der Waals surface area contributed by atoms with Crippen LogP contribution >= 0.6 is 11.6 Å². The van der Waals surface area contributed by atoms with Gasteiger partial charge in [-0.1, -0.05) is 11.6 Å². The molecule has 1 aromatic carbocycles. The molecule has 1 N–H and O–H groups in total. The quantitative estimate of drug-likeness (QED) is 0.778. The predicted octanol–water partition coefficient (Wildman–Crippen LogP) is 2.78. The van der Waals surface area contributed by atoms with Crippen molar-refractivity contribution >= 4 is 28.2 Å². The summed E-state index contributed by atoms with van der Waals surface area (Å²) in [4.78, 5) is 12.8. The van der Waals surface area contributed by atoms with Gasteiger partial charge in [-0.3, -0.25) is 15.0 Å². The van der Waals surface area contributed by atoms with Crippen molar-refractivity contribution in [3.63, 3.8) is 0 Å². The number of anilines is 1. The summed E-state index contributed by atoms with van der Waals surface area (Å²) < 4.78 is 14.9. The van der Waals surface area contributed by atoms with E-state index in [2.05, 4.69) is 30.0 Å². The molecule has 0 aliphatic carbocycles. The molecular weight excluding hydrogens is 343 g/mol. The van der Waals surface area contributed by atoms with Crippen LogP contribution in [0.5, 0.6) is 0 Å². The number of hydrogen-bond acceptors (Lipinski definition) is 5. The molecule has 1 fully saturated rings. The van der Waals surface area contributed by atoms with E-state index in [1.54, 1.807) is 12.1 Å². The monoisotopic (exact) mass is 360 g/mol. The van der Waals surface area contributed by atoms with Crippen LogP contribution in [-0.2, 0) is 6.54 Å². The molecule has 25 heavy (non-hydrogen) atoms. The summed E-state index contributed by atoms with van der Waals surface area (Å²) in [5.74, 6) is 1.30. The van der Waals surface area contributed by atoms with Crippen molar-refractivity contribution < 1.29 is 4.39 Å². The van der Waals surface area contributed by atoms with E-state index in [1.165, 1.54) is 6.20 Å². The molecule has 0 radical (unpaired) electrons. The maximum Gasteiger partial charge on any atom is 0.172 e. The molecule has 2 aromatic heterocycles. The lowest BCUT2D eigenvalue weighted by Gasteiger charge is -2.35. The first-order valence-electron chi connectivity index (χ1n) is 8.20. The van der Waals surface area contributed by atoms with Crippen molar-refractivity contribution in [3.8, 4) is 0 Å². The molecule has 3 aromatic rings. The molecule has 130 valence electrons. The Bertz CT molecular complexity index is 903. The smallest absolute Gasteiger partial charge is 0.172 e. The van der Waals surface area contributed by atoms with Crippen LogP contribution in [0.3, 0.4) is 0 Å². The first-order valence-corrected chi connectivity index (χ1v) is 8.57. The van der Waals surface area contributed by atoms with Gasteiger partial charge in [-0.15, -0.1) is 0 Å². The fourth-order valence-electron chi connectivity index (χ4n) is 3.19. The van der Waals surface area contributed by atoms with Crippen molar-refractivity contribution in [2.75, 3.05) is 31.1 Å². The maximum atomic E-state index is 14.9. The Morgan fingerprint density at radius 3 is 2.72 bits per heavy atom. The van der Waals surface area contributed by atoms with Gasteiger partial charge in [0.2, 0.25) is 0 Å². The predicted molar refractivity (Wildman–Crippen MR) is 95.3 cm³/mol. The van der Waals surface area contributed by atoms with Crippen LogP contribution in [0.15, 0.2) is 24.4 Å². The third-order valence-electron chi connectivity index (χ3n) is 4.50. The van der Waals surface area contributed by atoms with E-state index < -0.39 is 0 Å². The minimum absolute atomic E-state index is 0.307. The standard InChI is InChI=1S/C17H18ClFN6/c1-11-21-15(23-22-11)10-24-6-8-25(9-7-24)14-3-2-12-13(18)4-5-20-17(12)16(14)19/h2-5H,6-10H2,1H3,(H,21,22,23). The van der Waals surface area contributed by atoms with Gasteiger partial charge in [0.1, 0.15) is 11.3 Å². The second kappa shape index (κ2) is 6.57. The van der Waals surface area contributed by atoms with Crippen LogP contribution in [0.25, 0.3) is 10.9 Å². The Labute approximate surface area is 149 Å². The summed E-state index contributed by atoms with van der Waals surface area (Å²) in [5, 5.41) is 8.19. The van der Waals surface area contributed by atoms with Crippen LogP contribution in [0.2, 0.25) is 5.02 Å². The lowest BCUT2D eigenvalue weighted by molar-refractivity contribution is 0.243. The van der Waals surface area contributed by atoms with Gasteiger partial charge in [-0.25, -0.2) is 9.37 Å². The zero-order valence-electron chi connectivity index (χ0n) is 13.8. The molecule has 0 amide bonds. The number of fused-ring (bicyclic) bond motifs is 1. The van der Waals surface area contributed by atoms with Gasteiger partial charge in [0.25, 0.3) is 0 Å². The van der Waals surface area contributed by atoms with Gasteiger partial charge < -0.3 is 4.90 Å². The topological polar surface area (TPSA) is 60.9 Å². The zero-order chi connectivity index (χ0) is 17.4. The Morgan fingerprint density at radius 2 is 2.00 bits per heavy atom. The molecule has 0 bridgehead atoms. The highest BCUT2D eigenvalue weighted by atomic mass is 35.5. The minimum atomic E-state index is -0.307. The maximum absolute atomic E-state index is 14.9. The fraction of sp³-hybridized carbons (Fsp3) is 0.353. The lowest BCUT2D eigenvalue weighted by Crippen LogP contribution is -2.46. The van der Waals surface area contributed by atoms with Crippen LogP contribution in [0.1, 0.15) is 11.6 Å². The molecule has 0 saturated carbocycles. The summed E-state index contributed by atoms with van der Waals surface area (Å²) >= 11 is 6.12. The van der Waals surface area contributed by atoms with E-state index in [0.29, 0.717) is 28.2 Å². The number of nitrogens with one attached hydrogen (secondary N) is 1. The lowest BCUT2D eigenvalue weighted by atomic mass is 10.1. The second-order valence-corrected chi connectivity index (χ2v) is 6.60. The van der Waals surface area contributed by atoms with Gasteiger partial charge >= 0.3 is 0 Å². The van der Waals surface area contributed by atoms with Crippen molar-refractivity contribution in [2.24, 2.45) is 0 Å². The first-order chi connectivity index (χ1) is 12.1. The van der Waals surface area contributed by atoms with Crippen molar-refractivity contribution in [2.45, 2.75) is 13.5 Å². The number of pyridine rings is 1. The zero-order valence-corrected chi connectivity index (χ0v) is 14.6. The molecule has 6 nitrogen and oxygen atoms in total.